The summed E-state index contributed by atoms with van der Waals surface area (Å²) in [5.41, 5.74) is 1.12. The topological polar surface area (TPSA) is 75.2 Å². The minimum absolute atomic E-state index is 0. The van der Waals surface area contributed by atoms with Crippen molar-refractivity contribution in [1.82, 2.24) is 15.5 Å². The van der Waals surface area contributed by atoms with Gasteiger partial charge in [-0.2, -0.15) is 0 Å². The largest absolute Gasteiger partial charge is 0.493 e. The van der Waals surface area contributed by atoms with Crippen molar-refractivity contribution in [2.75, 3.05) is 27.2 Å². The lowest BCUT2D eigenvalue weighted by molar-refractivity contribution is -0.135. The van der Waals surface area contributed by atoms with E-state index in [1.807, 2.05) is 67.3 Å². The van der Waals surface area contributed by atoms with Crippen molar-refractivity contribution in [3.63, 3.8) is 0 Å². The second-order valence-corrected chi connectivity index (χ2v) is 8.22. The van der Waals surface area contributed by atoms with Crippen LogP contribution in [-0.4, -0.2) is 50.1 Å². The van der Waals surface area contributed by atoms with Gasteiger partial charge in [0.05, 0.1) is 7.11 Å². The first-order chi connectivity index (χ1) is 15.5. The van der Waals surface area contributed by atoms with Crippen LogP contribution in [0.15, 0.2) is 53.5 Å². The molecule has 0 bridgehead atoms. The Labute approximate surface area is 214 Å². The molecule has 0 unspecified atom stereocenters. The van der Waals surface area contributed by atoms with Gasteiger partial charge in [-0.1, -0.05) is 38.1 Å². The van der Waals surface area contributed by atoms with Gasteiger partial charge in [0.2, 0.25) is 5.91 Å². The smallest absolute Gasteiger partial charge is 0.225 e. The van der Waals surface area contributed by atoms with E-state index in [1.54, 1.807) is 14.2 Å². The normalized spacial score (nSPS) is 14.5. The number of likely N-dealkylation sites (tertiary alicyclic amines) is 1. The predicted octanol–water partition coefficient (Wildman–Crippen LogP) is 4.42. The summed E-state index contributed by atoms with van der Waals surface area (Å²) >= 11 is 0. The van der Waals surface area contributed by atoms with Gasteiger partial charge < -0.3 is 25.0 Å². The third-order valence-electron chi connectivity index (χ3n) is 5.55. The highest BCUT2D eigenvalue weighted by Crippen LogP contribution is 2.30. The molecule has 7 nitrogen and oxygen atoms in total. The number of hydrogen-bond acceptors (Lipinski definition) is 4. The number of halogens is 1. The fraction of sp³-hybridized carbons (Fsp3) is 0.440. The number of nitrogens with zero attached hydrogens (tertiary/aromatic N) is 2. The summed E-state index contributed by atoms with van der Waals surface area (Å²) in [7, 11) is 3.41. The molecule has 1 aliphatic heterocycles. The summed E-state index contributed by atoms with van der Waals surface area (Å²) < 4.78 is 11.3. The number of hydrogen-bond donors (Lipinski definition) is 2. The lowest BCUT2D eigenvalue weighted by Crippen LogP contribution is -2.50. The fourth-order valence-corrected chi connectivity index (χ4v) is 3.69. The van der Waals surface area contributed by atoms with E-state index in [0.717, 1.165) is 43.2 Å². The number of benzene rings is 2. The van der Waals surface area contributed by atoms with Crippen LogP contribution >= 0.6 is 24.0 Å². The molecule has 1 saturated heterocycles. The summed E-state index contributed by atoms with van der Waals surface area (Å²) in [6.07, 6.45) is 1.85. The number of aliphatic imine (C=N–C) groups is 1. The Bertz CT molecular complexity index is 910. The predicted molar refractivity (Wildman–Crippen MR) is 143 cm³/mol. The minimum Gasteiger partial charge on any atom is -0.493 e. The Morgan fingerprint density at radius 1 is 1.09 bits per heavy atom. The lowest BCUT2D eigenvalue weighted by Gasteiger charge is -2.34. The quantitative estimate of drug-likeness (QED) is 0.295. The van der Waals surface area contributed by atoms with Crippen molar-refractivity contribution in [2.24, 2.45) is 10.9 Å². The summed E-state index contributed by atoms with van der Waals surface area (Å²) in [5.74, 6) is 3.21. The van der Waals surface area contributed by atoms with Crippen LogP contribution in [0.2, 0.25) is 0 Å². The molecule has 180 valence electrons. The zero-order valence-electron chi connectivity index (χ0n) is 19.8. The zero-order valence-corrected chi connectivity index (χ0v) is 22.2. The van der Waals surface area contributed by atoms with Crippen molar-refractivity contribution in [2.45, 2.75) is 39.3 Å². The Balaban J connectivity index is 0.00000385. The van der Waals surface area contributed by atoms with Crippen molar-refractivity contribution in [3.05, 3.63) is 54.1 Å². The number of para-hydroxylation sites is 2. The van der Waals surface area contributed by atoms with E-state index in [9.17, 15) is 4.79 Å². The highest BCUT2D eigenvalue weighted by molar-refractivity contribution is 14.0. The second-order valence-electron chi connectivity index (χ2n) is 8.22. The van der Waals surface area contributed by atoms with Gasteiger partial charge in [0.15, 0.2) is 17.5 Å². The Morgan fingerprint density at radius 2 is 1.73 bits per heavy atom. The first-order valence-electron chi connectivity index (χ1n) is 11.2. The molecule has 2 aromatic carbocycles. The van der Waals surface area contributed by atoms with Crippen molar-refractivity contribution >= 4 is 35.8 Å². The molecule has 8 heteroatoms. The molecule has 0 aromatic heterocycles. The highest BCUT2D eigenvalue weighted by atomic mass is 127. The van der Waals surface area contributed by atoms with E-state index in [1.165, 1.54) is 0 Å². The maximum absolute atomic E-state index is 12.2. The molecule has 0 aliphatic carbocycles. The second kappa shape index (κ2) is 13.3. The number of rotatable bonds is 7. The summed E-state index contributed by atoms with van der Waals surface area (Å²) in [4.78, 5) is 18.5. The van der Waals surface area contributed by atoms with E-state index in [0.29, 0.717) is 24.1 Å². The minimum atomic E-state index is 0. The van der Waals surface area contributed by atoms with Gasteiger partial charge in [0, 0.05) is 38.6 Å². The van der Waals surface area contributed by atoms with Gasteiger partial charge in [-0.3, -0.25) is 9.79 Å². The standard InChI is InChI=1S/C25H34N4O3.HI/c1-18(2)24(30)29-15-13-20(14-16-29)28-25(26-3)27-17-19-9-11-21(12-10-19)32-23-8-6-5-7-22(23)31-4;/h5-12,18,20H,13-17H2,1-4H3,(H2,26,27,28);1H. The van der Waals surface area contributed by atoms with E-state index >= 15 is 0 Å². The molecule has 3 rings (SSSR count). The third-order valence-corrected chi connectivity index (χ3v) is 5.55. The molecular weight excluding hydrogens is 531 g/mol. The van der Waals surface area contributed by atoms with Crippen LogP contribution in [-0.2, 0) is 11.3 Å². The molecule has 2 aromatic rings. The molecule has 33 heavy (non-hydrogen) atoms. The number of carbonyl (C=O) groups excluding carboxylic acids is 1. The SMILES string of the molecule is CN=C(NCc1ccc(Oc2ccccc2OC)cc1)NC1CCN(C(=O)C(C)C)CC1.I. The maximum atomic E-state index is 12.2. The molecular formula is C25H35IN4O3. The molecule has 1 aliphatic rings. The average Bonchev–Trinajstić information content (AvgIpc) is 2.83. The number of nitrogens with one attached hydrogen (secondary N) is 2. The van der Waals surface area contributed by atoms with Gasteiger partial charge in [0.1, 0.15) is 5.75 Å². The first kappa shape index (κ1) is 26.8. The van der Waals surface area contributed by atoms with Crippen LogP contribution in [0.5, 0.6) is 17.2 Å². The number of carbonyl (C=O) groups is 1. The van der Waals surface area contributed by atoms with E-state index < -0.39 is 0 Å². The highest BCUT2D eigenvalue weighted by Gasteiger charge is 2.24. The molecule has 0 atom stereocenters. The van der Waals surface area contributed by atoms with E-state index in [-0.39, 0.29) is 35.8 Å². The number of methoxy groups -OCH3 is 1. The lowest BCUT2D eigenvalue weighted by atomic mass is 10.0. The van der Waals surface area contributed by atoms with Crippen LogP contribution in [0.1, 0.15) is 32.3 Å². The summed E-state index contributed by atoms with van der Waals surface area (Å²) in [6, 6.07) is 15.8. The Kier molecular flexibility index (Phi) is 10.8. The van der Waals surface area contributed by atoms with Gasteiger partial charge in [-0.05, 0) is 42.7 Å². The average molecular weight is 566 g/mol. The number of guanidine groups is 1. The van der Waals surface area contributed by atoms with Crippen LogP contribution in [0.4, 0.5) is 0 Å². The molecule has 1 fully saturated rings. The summed E-state index contributed by atoms with van der Waals surface area (Å²) in [6.45, 7) is 6.14. The third kappa shape index (κ3) is 7.80. The van der Waals surface area contributed by atoms with Gasteiger partial charge >= 0.3 is 0 Å². The zero-order chi connectivity index (χ0) is 22.9. The van der Waals surface area contributed by atoms with Crippen LogP contribution in [0.25, 0.3) is 0 Å². The molecule has 2 N–H and O–H groups in total. The Morgan fingerprint density at radius 3 is 2.30 bits per heavy atom. The number of ether oxygens (including phenoxy) is 2. The first-order valence-corrected chi connectivity index (χ1v) is 11.2. The molecule has 1 heterocycles. The monoisotopic (exact) mass is 566 g/mol. The van der Waals surface area contributed by atoms with Crippen molar-refractivity contribution in [3.8, 4) is 17.2 Å². The maximum Gasteiger partial charge on any atom is 0.225 e. The number of piperidine rings is 1. The van der Waals surface area contributed by atoms with Crippen LogP contribution < -0.4 is 20.1 Å². The van der Waals surface area contributed by atoms with Crippen molar-refractivity contribution < 1.29 is 14.3 Å². The van der Waals surface area contributed by atoms with E-state index in [2.05, 4.69) is 15.6 Å². The van der Waals surface area contributed by atoms with Crippen LogP contribution in [0, 0.1) is 5.92 Å². The van der Waals surface area contributed by atoms with Gasteiger partial charge in [0.25, 0.3) is 0 Å². The van der Waals surface area contributed by atoms with Crippen LogP contribution in [0.3, 0.4) is 0 Å². The summed E-state index contributed by atoms with van der Waals surface area (Å²) in [5, 5.41) is 6.85. The molecule has 0 spiro atoms. The van der Waals surface area contributed by atoms with Crippen molar-refractivity contribution in [1.29, 1.82) is 0 Å². The fourth-order valence-electron chi connectivity index (χ4n) is 3.69. The van der Waals surface area contributed by atoms with Gasteiger partial charge in [-0.15, -0.1) is 24.0 Å². The number of amides is 1. The van der Waals surface area contributed by atoms with E-state index in [4.69, 9.17) is 9.47 Å². The van der Waals surface area contributed by atoms with Gasteiger partial charge in [-0.25, -0.2) is 0 Å². The molecule has 0 radical (unpaired) electrons. The molecule has 1 amide bonds. The molecule has 0 saturated carbocycles. The Hall–Kier alpha value is -2.49.